The summed E-state index contributed by atoms with van der Waals surface area (Å²) in [5.74, 6) is 0. The quantitative estimate of drug-likeness (QED) is 0.844. The Bertz CT molecular complexity index is 538. The molecule has 1 saturated carbocycles. The van der Waals surface area contributed by atoms with E-state index >= 15 is 0 Å². The van der Waals surface area contributed by atoms with Crippen LogP contribution in [0.2, 0.25) is 0 Å². The Morgan fingerprint density at radius 2 is 2.13 bits per heavy atom. The number of aryl methyl sites for hydroxylation is 1. The molecule has 15 heavy (non-hydrogen) atoms. The summed E-state index contributed by atoms with van der Waals surface area (Å²) in [4.78, 5) is 0. The predicted molar refractivity (Wildman–Crippen MR) is 65.7 cm³/mol. The van der Waals surface area contributed by atoms with E-state index in [0.29, 0.717) is 0 Å². The van der Waals surface area contributed by atoms with Crippen LogP contribution in [0.5, 0.6) is 0 Å². The lowest BCUT2D eigenvalue weighted by Crippen LogP contribution is -2.21. The molecule has 0 aliphatic heterocycles. The average Bonchev–Trinajstić information content (AvgIpc) is 2.83. The van der Waals surface area contributed by atoms with Gasteiger partial charge in [0, 0.05) is 22.6 Å². The summed E-state index contributed by atoms with van der Waals surface area (Å²) < 4.78 is 3.35. The number of hydrogen-bond acceptors (Lipinski definition) is 1. The minimum Gasteiger partial charge on any atom is -0.345 e. The van der Waals surface area contributed by atoms with E-state index in [1.54, 1.807) is 0 Å². The molecule has 0 atom stereocenters. The molecule has 0 bridgehead atoms. The number of rotatable bonds is 1. The van der Waals surface area contributed by atoms with E-state index in [4.69, 9.17) is 5.73 Å². The summed E-state index contributed by atoms with van der Waals surface area (Å²) in [6.07, 6.45) is 2.21. The van der Waals surface area contributed by atoms with Crippen LogP contribution in [-0.2, 0) is 12.6 Å². The first-order valence-corrected chi connectivity index (χ1v) is 5.94. The third-order valence-corrected chi connectivity index (χ3v) is 3.95. The molecule has 1 aromatic carbocycles. The molecule has 1 aliphatic carbocycles. The average molecular weight is 265 g/mol. The molecule has 0 amide bonds. The van der Waals surface area contributed by atoms with Crippen molar-refractivity contribution in [2.24, 2.45) is 12.8 Å². The van der Waals surface area contributed by atoms with Crippen LogP contribution in [0.3, 0.4) is 0 Å². The Morgan fingerprint density at radius 3 is 2.73 bits per heavy atom. The van der Waals surface area contributed by atoms with Gasteiger partial charge in [-0.1, -0.05) is 12.1 Å². The first-order chi connectivity index (χ1) is 7.12. The SMILES string of the molecule is Cn1c(C2(N)CC2)cc2cccc(Br)c21. The zero-order valence-electron chi connectivity index (χ0n) is 8.63. The number of fused-ring (bicyclic) bond motifs is 1. The van der Waals surface area contributed by atoms with E-state index in [9.17, 15) is 0 Å². The normalized spacial score (nSPS) is 18.3. The van der Waals surface area contributed by atoms with Crippen molar-refractivity contribution in [2.75, 3.05) is 0 Å². The summed E-state index contributed by atoms with van der Waals surface area (Å²) in [6, 6.07) is 8.48. The molecule has 0 spiro atoms. The van der Waals surface area contributed by atoms with Crippen LogP contribution in [0, 0.1) is 0 Å². The molecule has 3 rings (SSSR count). The maximum Gasteiger partial charge on any atom is 0.0624 e. The monoisotopic (exact) mass is 264 g/mol. The van der Waals surface area contributed by atoms with Crippen molar-refractivity contribution in [2.45, 2.75) is 18.4 Å². The summed E-state index contributed by atoms with van der Waals surface area (Å²) >= 11 is 3.59. The van der Waals surface area contributed by atoms with Gasteiger partial charge in [0.25, 0.3) is 0 Å². The molecule has 1 heterocycles. The maximum absolute atomic E-state index is 6.25. The van der Waals surface area contributed by atoms with Gasteiger partial charge in [-0.15, -0.1) is 0 Å². The Labute approximate surface area is 97.2 Å². The Hall–Kier alpha value is -0.800. The largest absolute Gasteiger partial charge is 0.345 e. The van der Waals surface area contributed by atoms with Gasteiger partial charge in [0.05, 0.1) is 11.1 Å². The molecule has 0 unspecified atom stereocenters. The number of nitrogens with two attached hydrogens (primary N) is 1. The zero-order chi connectivity index (χ0) is 10.6. The van der Waals surface area contributed by atoms with Crippen LogP contribution in [0.1, 0.15) is 18.5 Å². The van der Waals surface area contributed by atoms with Gasteiger partial charge in [0.15, 0.2) is 0 Å². The third kappa shape index (κ3) is 1.26. The number of benzene rings is 1. The number of halogens is 1. The highest BCUT2D eigenvalue weighted by atomic mass is 79.9. The zero-order valence-corrected chi connectivity index (χ0v) is 10.2. The fourth-order valence-electron chi connectivity index (χ4n) is 2.24. The molecule has 3 heteroatoms. The molecule has 78 valence electrons. The number of aromatic nitrogens is 1. The van der Waals surface area contributed by atoms with Gasteiger partial charge in [0.1, 0.15) is 0 Å². The van der Waals surface area contributed by atoms with E-state index in [2.05, 4.69) is 51.8 Å². The maximum atomic E-state index is 6.25. The molecule has 1 aromatic heterocycles. The first kappa shape index (κ1) is 9.43. The van der Waals surface area contributed by atoms with Crippen molar-refractivity contribution in [1.29, 1.82) is 0 Å². The molecular formula is C12H13BrN2. The second-order valence-electron chi connectivity index (χ2n) is 4.42. The molecule has 1 aliphatic rings. The fraction of sp³-hybridized carbons (Fsp3) is 0.333. The van der Waals surface area contributed by atoms with Gasteiger partial charge in [-0.05, 0) is 40.9 Å². The Kier molecular flexibility index (Phi) is 1.80. The van der Waals surface area contributed by atoms with E-state index in [1.807, 2.05) is 0 Å². The lowest BCUT2D eigenvalue weighted by atomic mass is 10.2. The number of nitrogens with zero attached hydrogens (tertiary/aromatic N) is 1. The minimum atomic E-state index is -0.0623. The van der Waals surface area contributed by atoms with E-state index < -0.39 is 0 Å². The van der Waals surface area contributed by atoms with Crippen molar-refractivity contribution in [3.63, 3.8) is 0 Å². The van der Waals surface area contributed by atoms with E-state index in [1.165, 1.54) is 16.6 Å². The molecule has 0 radical (unpaired) electrons. The van der Waals surface area contributed by atoms with Gasteiger partial charge in [0.2, 0.25) is 0 Å². The van der Waals surface area contributed by atoms with Gasteiger partial charge in [-0.25, -0.2) is 0 Å². The second-order valence-corrected chi connectivity index (χ2v) is 5.28. The highest BCUT2D eigenvalue weighted by Gasteiger charge is 2.42. The van der Waals surface area contributed by atoms with Gasteiger partial charge in [-0.2, -0.15) is 0 Å². The van der Waals surface area contributed by atoms with Crippen molar-refractivity contribution in [3.05, 3.63) is 34.4 Å². The van der Waals surface area contributed by atoms with Crippen molar-refractivity contribution in [3.8, 4) is 0 Å². The summed E-state index contributed by atoms with van der Waals surface area (Å²) in [5, 5.41) is 1.26. The Morgan fingerprint density at radius 1 is 1.40 bits per heavy atom. The van der Waals surface area contributed by atoms with Crippen molar-refractivity contribution >= 4 is 26.8 Å². The Balaban J connectivity index is 2.34. The molecule has 0 saturated heterocycles. The smallest absolute Gasteiger partial charge is 0.0624 e. The van der Waals surface area contributed by atoms with Crippen molar-refractivity contribution < 1.29 is 0 Å². The van der Waals surface area contributed by atoms with Crippen LogP contribution in [-0.4, -0.2) is 4.57 Å². The minimum absolute atomic E-state index is 0.0623. The summed E-state index contributed by atoms with van der Waals surface area (Å²) in [7, 11) is 2.09. The molecular weight excluding hydrogens is 252 g/mol. The number of para-hydroxylation sites is 1. The first-order valence-electron chi connectivity index (χ1n) is 5.15. The van der Waals surface area contributed by atoms with Crippen molar-refractivity contribution in [1.82, 2.24) is 4.57 Å². The van der Waals surface area contributed by atoms with Crippen LogP contribution >= 0.6 is 15.9 Å². The molecule has 1 fully saturated rings. The predicted octanol–water partition coefficient (Wildman–Crippen LogP) is 2.89. The number of hydrogen-bond donors (Lipinski definition) is 1. The van der Waals surface area contributed by atoms with Crippen LogP contribution < -0.4 is 5.73 Å². The summed E-state index contributed by atoms with van der Waals surface area (Å²) in [5.41, 5.74) is 8.68. The highest BCUT2D eigenvalue weighted by Crippen LogP contribution is 2.44. The van der Waals surface area contributed by atoms with Crippen LogP contribution in [0.15, 0.2) is 28.7 Å². The lowest BCUT2D eigenvalue weighted by molar-refractivity contribution is 0.666. The van der Waals surface area contributed by atoms with E-state index in [-0.39, 0.29) is 5.54 Å². The van der Waals surface area contributed by atoms with E-state index in [0.717, 1.165) is 17.3 Å². The topological polar surface area (TPSA) is 30.9 Å². The lowest BCUT2D eigenvalue weighted by Gasteiger charge is -2.10. The molecule has 2 nitrogen and oxygen atoms in total. The standard InChI is InChI=1S/C12H13BrN2/c1-15-10(12(14)5-6-12)7-8-3-2-4-9(13)11(8)15/h2-4,7H,5-6,14H2,1H3. The molecule has 2 N–H and O–H groups in total. The van der Waals surface area contributed by atoms with Gasteiger partial charge < -0.3 is 10.3 Å². The highest BCUT2D eigenvalue weighted by molar-refractivity contribution is 9.10. The van der Waals surface area contributed by atoms with Gasteiger partial charge in [-0.3, -0.25) is 0 Å². The summed E-state index contributed by atoms with van der Waals surface area (Å²) in [6.45, 7) is 0. The van der Waals surface area contributed by atoms with Gasteiger partial charge >= 0.3 is 0 Å². The van der Waals surface area contributed by atoms with Crippen LogP contribution in [0.25, 0.3) is 10.9 Å². The molecule has 2 aromatic rings. The second kappa shape index (κ2) is 2.86. The fourth-order valence-corrected chi connectivity index (χ4v) is 2.88. The third-order valence-electron chi connectivity index (χ3n) is 3.31. The van der Waals surface area contributed by atoms with Crippen LogP contribution in [0.4, 0.5) is 0 Å².